The quantitative estimate of drug-likeness (QED) is 0.580. The number of hydrogen-bond donors (Lipinski definition) is 2. The molecule has 0 bridgehead atoms. The molecule has 19 heavy (non-hydrogen) atoms. The van der Waals surface area contributed by atoms with Crippen molar-refractivity contribution in [1.82, 2.24) is 10.2 Å². The highest BCUT2D eigenvalue weighted by molar-refractivity contribution is 6.42. The summed E-state index contributed by atoms with van der Waals surface area (Å²) in [5.74, 6) is -1.25. The van der Waals surface area contributed by atoms with E-state index in [1.807, 2.05) is 0 Å². The van der Waals surface area contributed by atoms with E-state index in [-0.39, 0.29) is 11.9 Å². The van der Waals surface area contributed by atoms with E-state index in [4.69, 9.17) is 4.42 Å². The normalized spacial score (nSPS) is 17.3. The maximum absolute atomic E-state index is 11.6. The van der Waals surface area contributed by atoms with Crippen LogP contribution in [0.1, 0.15) is 23.4 Å². The molecule has 0 radical (unpaired) electrons. The number of nitrogens with one attached hydrogen (secondary N) is 1. The van der Waals surface area contributed by atoms with Crippen LogP contribution in [0.15, 0.2) is 22.8 Å². The number of Topliss-reactive ketones (excluding diaryl/α,β-unsaturated/α-hetero) is 1. The van der Waals surface area contributed by atoms with E-state index >= 15 is 0 Å². The molecule has 2 N–H and O–H groups in total. The molecule has 0 aliphatic carbocycles. The number of ketones is 1. The summed E-state index contributed by atoms with van der Waals surface area (Å²) in [6.07, 6.45) is 2.68. The summed E-state index contributed by atoms with van der Waals surface area (Å²) in [6, 6.07) is 3.04. The second-order valence-corrected chi connectivity index (χ2v) is 4.64. The van der Waals surface area contributed by atoms with Gasteiger partial charge >= 0.3 is 0 Å². The van der Waals surface area contributed by atoms with Crippen LogP contribution in [-0.4, -0.2) is 54.0 Å². The molecule has 1 fully saturated rings. The number of piperidine rings is 1. The van der Waals surface area contributed by atoms with Crippen LogP contribution in [0.2, 0.25) is 0 Å². The highest BCUT2D eigenvalue weighted by atomic mass is 16.3. The molecule has 1 aromatic heterocycles. The van der Waals surface area contributed by atoms with Gasteiger partial charge in [-0.1, -0.05) is 0 Å². The molecule has 0 saturated carbocycles. The van der Waals surface area contributed by atoms with Crippen molar-refractivity contribution in [2.45, 2.75) is 18.9 Å². The Hall–Kier alpha value is -1.66. The Balaban J connectivity index is 1.68. The van der Waals surface area contributed by atoms with Gasteiger partial charge < -0.3 is 19.7 Å². The number of carbonyl (C=O) groups excluding carboxylic acids is 2. The fourth-order valence-corrected chi connectivity index (χ4v) is 2.07. The fourth-order valence-electron chi connectivity index (χ4n) is 2.07. The summed E-state index contributed by atoms with van der Waals surface area (Å²) in [5, 5.41) is 11.9. The van der Waals surface area contributed by atoms with Crippen LogP contribution in [0, 0.1) is 0 Å². The monoisotopic (exact) mass is 266 g/mol. The first-order valence-electron chi connectivity index (χ1n) is 6.43. The van der Waals surface area contributed by atoms with Gasteiger partial charge in [-0.15, -0.1) is 0 Å². The molecule has 2 rings (SSSR count). The topological polar surface area (TPSA) is 82.8 Å². The molecule has 0 atom stereocenters. The first kappa shape index (κ1) is 13.8. The largest absolute Gasteiger partial charge is 0.461 e. The van der Waals surface area contributed by atoms with Gasteiger partial charge in [0.25, 0.3) is 11.7 Å². The van der Waals surface area contributed by atoms with Crippen LogP contribution in [0.25, 0.3) is 0 Å². The molecule has 6 nitrogen and oxygen atoms in total. The van der Waals surface area contributed by atoms with Crippen LogP contribution in [0.3, 0.4) is 0 Å². The zero-order valence-electron chi connectivity index (χ0n) is 10.7. The summed E-state index contributed by atoms with van der Waals surface area (Å²) in [6.45, 7) is 2.75. The van der Waals surface area contributed by atoms with Gasteiger partial charge in [0.1, 0.15) is 0 Å². The minimum absolute atomic E-state index is 0.0543. The predicted octanol–water partition coefficient (Wildman–Crippen LogP) is 0.0352. The summed E-state index contributed by atoms with van der Waals surface area (Å²) >= 11 is 0. The van der Waals surface area contributed by atoms with E-state index in [2.05, 4.69) is 10.2 Å². The number of hydrogen-bond acceptors (Lipinski definition) is 5. The van der Waals surface area contributed by atoms with Gasteiger partial charge in [0.05, 0.1) is 12.4 Å². The van der Waals surface area contributed by atoms with Gasteiger partial charge in [-0.25, -0.2) is 0 Å². The maximum Gasteiger partial charge on any atom is 0.295 e. The van der Waals surface area contributed by atoms with Crippen molar-refractivity contribution in [2.24, 2.45) is 0 Å². The molecule has 1 aliphatic heterocycles. The third-order valence-corrected chi connectivity index (χ3v) is 3.22. The lowest BCUT2D eigenvalue weighted by Crippen LogP contribution is -2.42. The second-order valence-electron chi connectivity index (χ2n) is 4.64. The van der Waals surface area contributed by atoms with E-state index in [0.717, 1.165) is 25.9 Å². The zero-order valence-corrected chi connectivity index (χ0v) is 10.7. The third kappa shape index (κ3) is 3.90. The van der Waals surface area contributed by atoms with E-state index in [9.17, 15) is 14.7 Å². The lowest BCUT2D eigenvalue weighted by molar-refractivity contribution is -0.117. The van der Waals surface area contributed by atoms with Crippen LogP contribution in [-0.2, 0) is 4.79 Å². The number of aliphatic hydroxyl groups is 1. The first-order valence-corrected chi connectivity index (χ1v) is 6.43. The second kappa shape index (κ2) is 6.49. The van der Waals surface area contributed by atoms with Crippen molar-refractivity contribution < 1.29 is 19.1 Å². The lowest BCUT2D eigenvalue weighted by Gasteiger charge is -2.29. The van der Waals surface area contributed by atoms with Gasteiger partial charge in [-0.2, -0.15) is 0 Å². The number of likely N-dealkylation sites (tertiary alicyclic amines) is 1. The van der Waals surface area contributed by atoms with Crippen LogP contribution >= 0.6 is 0 Å². The number of carbonyl (C=O) groups is 2. The minimum atomic E-state index is -0.654. The van der Waals surface area contributed by atoms with E-state index < -0.39 is 11.7 Å². The standard InChI is InChI=1S/C13H18N2O4/c16-10-3-6-15(7-4-10)8-5-14-13(18)12(17)11-2-1-9-19-11/h1-2,9-10,16H,3-8H2,(H,14,18). The lowest BCUT2D eigenvalue weighted by atomic mass is 10.1. The number of furan rings is 1. The van der Waals surface area contributed by atoms with Gasteiger partial charge in [0.15, 0.2) is 5.76 Å². The Kier molecular flexibility index (Phi) is 4.70. The number of aliphatic hydroxyl groups excluding tert-OH is 1. The summed E-state index contributed by atoms with van der Waals surface area (Å²) in [5.41, 5.74) is 0. The van der Waals surface area contributed by atoms with Gasteiger partial charge in [0, 0.05) is 26.2 Å². The molecule has 104 valence electrons. The molecular weight excluding hydrogens is 248 g/mol. The Bertz CT molecular complexity index is 422. The molecule has 1 amide bonds. The molecule has 6 heteroatoms. The molecule has 1 saturated heterocycles. The van der Waals surface area contributed by atoms with E-state index in [1.54, 1.807) is 6.07 Å². The smallest absolute Gasteiger partial charge is 0.295 e. The van der Waals surface area contributed by atoms with Gasteiger partial charge in [-0.05, 0) is 25.0 Å². The first-order chi connectivity index (χ1) is 9.16. The molecule has 1 aromatic rings. The Morgan fingerprint density at radius 3 is 2.79 bits per heavy atom. The predicted molar refractivity (Wildman–Crippen MR) is 67.7 cm³/mol. The number of rotatable bonds is 5. The molecule has 2 heterocycles. The average Bonchev–Trinajstić information content (AvgIpc) is 2.94. The average molecular weight is 266 g/mol. The van der Waals surface area contributed by atoms with Crippen molar-refractivity contribution >= 4 is 11.7 Å². The van der Waals surface area contributed by atoms with E-state index in [0.29, 0.717) is 13.1 Å². The fraction of sp³-hybridized carbons (Fsp3) is 0.538. The molecule has 0 spiro atoms. The third-order valence-electron chi connectivity index (χ3n) is 3.22. The van der Waals surface area contributed by atoms with E-state index in [1.165, 1.54) is 12.3 Å². The highest BCUT2D eigenvalue weighted by Gasteiger charge is 2.20. The van der Waals surface area contributed by atoms with Gasteiger partial charge in [0.2, 0.25) is 0 Å². The number of nitrogens with zero attached hydrogens (tertiary/aromatic N) is 1. The zero-order chi connectivity index (χ0) is 13.7. The summed E-state index contributed by atoms with van der Waals surface area (Å²) in [7, 11) is 0. The highest BCUT2D eigenvalue weighted by Crippen LogP contribution is 2.08. The van der Waals surface area contributed by atoms with Crippen LogP contribution in [0.4, 0.5) is 0 Å². The summed E-state index contributed by atoms with van der Waals surface area (Å²) in [4.78, 5) is 25.3. The van der Waals surface area contributed by atoms with Crippen LogP contribution < -0.4 is 5.32 Å². The SMILES string of the molecule is O=C(NCCN1CCC(O)CC1)C(=O)c1ccco1. The van der Waals surface area contributed by atoms with Crippen LogP contribution in [0.5, 0.6) is 0 Å². The molecule has 0 aromatic carbocycles. The summed E-state index contributed by atoms with van der Waals surface area (Å²) < 4.78 is 4.88. The molecular formula is C13H18N2O4. The van der Waals surface area contributed by atoms with Gasteiger partial charge in [-0.3, -0.25) is 9.59 Å². The van der Waals surface area contributed by atoms with Crippen molar-refractivity contribution in [1.29, 1.82) is 0 Å². The Labute approximate surface area is 111 Å². The number of amides is 1. The Morgan fingerprint density at radius 2 is 2.16 bits per heavy atom. The van der Waals surface area contributed by atoms with Crippen molar-refractivity contribution in [3.05, 3.63) is 24.2 Å². The molecule has 0 unspecified atom stereocenters. The molecule has 1 aliphatic rings. The van der Waals surface area contributed by atoms with Crippen molar-refractivity contribution in [2.75, 3.05) is 26.2 Å². The Morgan fingerprint density at radius 1 is 1.42 bits per heavy atom. The van der Waals surface area contributed by atoms with Crippen molar-refractivity contribution in [3.63, 3.8) is 0 Å². The maximum atomic E-state index is 11.6. The van der Waals surface area contributed by atoms with Crippen molar-refractivity contribution in [3.8, 4) is 0 Å². The minimum Gasteiger partial charge on any atom is -0.461 e.